The zero-order chi connectivity index (χ0) is 12.0. The predicted molar refractivity (Wildman–Crippen MR) is 68.5 cm³/mol. The van der Waals surface area contributed by atoms with Crippen LogP contribution in [0.25, 0.3) is 0 Å². The first kappa shape index (κ1) is 13.2. The van der Waals surface area contributed by atoms with Crippen LogP contribution in [-0.4, -0.2) is 19.8 Å². The first-order valence-electron chi connectivity index (χ1n) is 5.99. The summed E-state index contributed by atoms with van der Waals surface area (Å²) in [5.74, 6) is 0.563. The molecule has 90 valence electrons. The van der Waals surface area contributed by atoms with Crippen molar-refractivity contribution in [3.05, 3.63) is 35.9 Å². The Labute approximate surface area is 99.0 Å². The summed E-state index contributed by atoms with van der Waals surface area (Å²) >= 11 is 0. The smallest absolute Gasteiger partial charge is 0.0665 e. The second-order valence-electron chi connectivity index (χ2n) is 4.53. The summed E-state index contributed by atoms with van der Waals surface area (Å²) in [5.41, 5.74) is 1.28. The second-order valence-corrected chi connectivity index (χ2v) is 4.53. The van der Waals surface area contributed by atoms with Gasteiger partial charge in [-0.1, -0.05) is 44.2 Å². The minimum Gasteiger partial charge on any atom is -0.376 e. The fourth-order valence-electron chi connectivity index (χ4n) is 1.47. The number of hydrogen-bond donors (Lipinski definition) is 1. The van der Waals surface area contributed by atoms with Crippen LogP contribution in [0.5, 0.6) is 0 Å². The largest absolute Gasteiger partial charge is 0.376 e. The van der Waals surface area contributed by atoms with E-state index in [9.17, 15) is 0 Å². The number of rotatable bonds is 6. The van der Waals surface area contributed by atoms with Gasteiger partial charge in [-0.2, -0.15) is 0 Å². The Hall–Kier alpha value is -0.860. The van der Waals surface area contributed by atoms with Crippen LogP contribution in [0.4, 0.5) is 0 Å². The highest BCUT2D eigenvalue weighted by atomic mass is 16.5. The molecule has 1 aromatic rings. The lowest BCUT2D eigenvalue weighted by Crippen LogP contribution is -2.26. The van der Waals surface area contributed by atoms with E-state index in [1.807, 2.05) is 13.1 Å². The summed E-state index contributed by atoms with van der Waals surface area (Å²) in [5, 5.41) is 3.29. The van der Waals surface area contributed by atoms with E-state index >= 15 is 0 Å². The van der Waals surface area contributed by atoms with Crippen molar-refractivity contribution < 1.29 is 4.74 Å². The van der Waals surface area contributed by atoms with Crippen molar-refractivity contribution in [3.63, 3.8) is 0 Å². The highest BCUT2D eigenvalue weighted by Crippen LogP contribution is 2.14. The molecule has 2 nitrogen and oxygen atoms in total. The topological polar surface area (TPSA) is 21.3 Å². The van der Waals surface area contributed by atoms with Crippen LogP contribution < -0.4 is 5.32 Å². The lowest BCUT2D eigenvalue weighted by atomic mass is 10.1. The molecule has 0 aliphatic heterocycles. The Morgan fingerprint density at radius 2 is 1.75 bits per heavy atom. The Bertz CT molecular complexity index is 284. The van der Waals surface area contributed by atoms with Gasteiger partial charge in [-0.15, -0.1) is 0 Å². The van der Waals surface area contributed by atoms with E-state index in [4.69, 9.17) is 4.74 Å². The molecular weight excluding hydrogens is 198 g/mol. The maximum atomic E-state index is 5.85. The molecule has 0 heterocycles. The van der Waals surface area contributed by atoms with Crippen LogP contribution in [0, 0.1) is 5.92 Å². The van der Waals surface area contributed by atoms with Gasteiger partial charge in [0, 0.05) is 0 Å². The zero-order valence-corrected chi connectivity index (χ0v) is 10.7. The van der Waals surface area contributed by atoms with Crippen molar-refractivity contribution in [2.45, 2.75) is 32.9 Å². The molecule has 0 aromatic heterocycles. The van der Waals surface area contributed by atoms with E-state index < -0.39 is 0 Å². The average Bonchev–Trinajstić information content (AvgIpc) is 2.30. The van der Waals surface area contributed by atoms with E-state index in [0.29, 0.717) is 12.0 Å². The summed E-state index contributed by atoms with van der Waals surface area (Å²) in [7, 11) is 1.97. The molecule has 0 radical (unpaired) electrons. The molecular formula is C14H23NO. The molecule has 2 heteroatoms. The van der Waals surface area contributed by atoms with Gasteiger partial charge in [0.2, 0.25) is 0 Å². The molecule has 0 aliphatic carbocycles. The van der Waals surface area contributed by atoms with E-state index in [2.05, 4.69) is 50.4 Å². The van der Waals surface area contributed by atoms with Crippen LogP contribution in [0.3, 0.4) is 0 Å². The molecule has 1 aromatic carbocycles. The van der Waals surface area contributed by atoms with Gasteiger partial charge in [0.15, 0.2) is 0 Å². The lowest BCUT2D eigenvalue weighted by Gasteiger charge is -2.22. The molecule has 0 bridgehead atoms. The molecule has 0 fully saturated rings. The standard InChI is InChI=1S/C14H23NO/c1-11(2)12(3)16-10-14(15-4)13-8-6-5-7-9-13/h5-9,11-12,14-15H,10H2,1-4H3. The maximum Gasteiger partial charge on any atom is 0.0665 e. The quantitative estimate of drug-likeness (QED) is 0.797. The van der Waals surface area contributed by atoms with E-state index in [1.54, 1.807) is 0 Å². The fraction of sp³-hybridized carbons (Fsp3) is 0.571. The molecule has 0 aliphatic rings. The first-order chi connectivity index (χ1) is 7.65. The van der Waals surface area contributed by atoms with Gasteiger partial charge in [-0.25, -0.2) is 0 Å². The molecule has 2 atom stereocenters. The summed E-state index contributed by atoms with van der Waals surface area (Å²) in [6, 6.07) is 10.7. The number of ether oxygens (including phenoxy) is 1. The Kier molecular flexibility index (Phi) is 5.50. The summed E-state index contributed by atoms with van der Waals surface area (Å²) in [6.07, 6.45) is 0.305. The monoisotopic (exact) mass is 221 g/mol. The van der Waals surface area contributed by atoms with Gasteiger partial charge < -0.3 is 10.1 Å². The van der Waals surface area contributed by atoms with Crippen LogP contribution in [0.2, 0.25) is 0 Å². The minimum absolute atomic E-state index is 0.280. The maximum absolute atomic E-state index is 5.85. The SMILES string of the molecule is CNC(COC(C)C(C)C)c1ccccc1. The van der Waals surface area contributed by atoms with Crippen LogP contribution >= 0.6 is 0 Å². The van der Waals surface area contributed by atoms with Crippen molar-refractivity contribution in [2.24, 2.45) is 5.92 Å². The molecule has 1 rings (SSSR count). The van der Waals surface area contributed by atoms with Gasteiger partial charge in [0.25, 0.3) is 0 Å². The molecule has 1 N–H and O–H groups in total. The summed E-state index contributed by atoms with van der Waals surface area (Å²) in [6.45, 7) is 7.21. The fourth-order valence-corrected chi connectivity index (χ4v) is 1.47. The predicted octanol–water partition coefficient (Wildman–Crippen LogP) is 3.01. The molecule has 2 unspecified atom stereocenters. The van der Waals surface area contributed by atoms with Gasteiger partial charge >= 0.3 is 0 Å². The number of benzene rings is 1. The lowest BCUT2D eigenvalue weighted by molar-refractivity contribution is 0.0229. The minimum atomic E-state index is 0.280. The molecule has 0 amide bonds. The van der Waals surface area contributed by atoms with E-state index in [1.165, 1.54) is 5.56 Å². The zero-order valence-electron chi connectivity index (χ0n) is 10.7. The number of nitrogens with one attached hydrogen (secondary N) is 1. The Balaban J connectivity index is 2.50. The summed E-state index contributed by atoms with van der Waals surface area (Å²) < 4.78 is 5.85. The van der Waals surface area contributed by atoms with E-state index in [0.717, 1.165) is 6.61 Å². The first-order valence-corrected chi connectivity index (χ1v) is 5.99. The third-order valence-corrected chi connectivity index (χ3v) is 3.02. The van der Waals surface area contributed by atoms with Crippen LogP contribution in [0.1, 0.15) is 32.4 Å². The van der Waals surface area contributed by atoms with Crippen molar-refractivity contribution in [1.82, 2.24) is 5.32 Å². The van der Waals surface area contributed by atoms with Crippen LogP contribution in [-0.2, 0) is 4.74 Å². The van der Waals surface area contributed by atoms with Crippen molar-refractivity contribution in [2.75, 3.05) is 13.7 Å². The van der Waals surface area contributed by atoms with Crippen molar-refractivity contribution >= 4 is 0 Å². The summed E-state index contributed by atoms with van der Waals surface area (Å²) in [4.78, 5) is 0. The normalized spacial score (nSPS) is 15.1. The van der Waals surface area contributed by atoms with Gasteiger partial charge in [0.1, 0.15) is 0 Å². The number of likely N-dealkylation sites (N-methyl/N-ethyl adjacent to an activating group) is 1. The van der Waals surface area contributed by atoms with Gasteiger partial charge in [0.05, 0.1) is 18.8 Å². The third-order valence-electron chi connectivity index (χ3n) is 3.02. The van der Waals surface area contributed by atoms with Gasteiger partial charge in [-0.3, -0.25) is 0 Å². The van der Waals surface area contributed by atoms with Crippen LogP contribution in [0.15, 0.2) is 30.3 Å². The van der Waals surface area contributed by atoms with E-state index in [-0.39, 0.29) is 6.04 Å². The molecule has 0 saturated carbocycles. The highest BCUT2D eigenvalue weighted by molar-refractivity contribution is 5.18. The molecule has 0 saturated heterocycles. The Morgan fingerprint density at radius 1 is 1.12 bits per heavy atom. The average molecular weight is 221 g/mol. The third kappa shape index (κ3) is 3.95. The number of hydrogen-bond acceptors (Lipinski definition) is 2. The molecule has 16 heavy (non-hydrogen) atoms. The van der Waals surface area contributed by atoms with Crippen molar-refractivity contribution in [3.8, 4) is 0 Å². The second kappa shape index (κ2) is 6.66. The van der Waals surface area contributed by atoms with Crippen molar-refractivity contribution in [1.29, 1.82) is 0 Å². The van der Waals surface area contributed by atoms with Gasteiger partial charge in [-0.05, 0) is 25.5 Å². The highest BCUT2D eigenvalue weighted by Gasteiger charge is 2.12. The Morgan fingerprint density at radius 3 is 2.25 bits per heavy atom. The molecule has 0 spiro atoms.